The van der Waals surface area contributed by atoms with E-state index in [2.05, 4.69) is 15.5 Å². The van der Waals surface area contributed by atoms with Crippen molar-refractivity contribution in [2.75, 3.05) is 33.8 Å². The molecule has 1 atom stereocenters. The highest BCUT2D eigenvalue weighted by atomic mass is 35.5. The number of anilines is 1. The Morgan fingerprint density at radius 3 is 2.10 bits per heavy atom. The lowest BCUT2D eigenvalue weighted by Crippen LogP contribution is -2.32. The SMILES string of the molecule is COc1ccc(NC(=O)C(N=Nc2ccc(Cl)c(OC)c2OC)C(C)=O)c(OC)c1Cl. The van der Waals surface area contributed by atoms with E-state index in [9.17, 15) is 9.59 Å². The zero-order valence-electron chi connectivity index (χ0n) is 17.5. The lowest BCUT2D eigenvalue weighted by molar-refractivity contribution is -0.126. The molecule has 0 aliphatic carbocycles. The third-order valence-corrected chi connectivity index (χ3v) is 4.77. The number of amides is 1. The number of hydrogen-bond donors (Lipinski definition) is 1. The average molecular weight is 470 g/mol. The summed E-state index contributed by atoms with van der Waals surface area (Å²) >= 11 is 12.3. The number of nitrogens with zero attached hydrogens (tertiary/aromatic N) is 2. The van der Waals surface area contributed by atoms with Crippen molar-refractivity contribution in [2.45, 2.75) is 13.0 Å². The van der Waals surface area contributed by atoms with Crippen molar-refractivity contribution in [2.24, 2.45) is 10.2 Å². The highest BCUT2D eigenvalue weighted by Crippen LogP contribution is 2.43. The topological polar surface area (TPSA) is 108 Å². The van der Waals surface area contributed by atoms with E-state index in [0.29, 0.717) is 10.8 Å². The number of carbonyl (C=O) groups is 2. The van der Waals surface area contributed by atoms with E-state index in [1.54, 1.807) is 6.07 Å². The molecule has 2 aromatic rings. The molecule has 0 aliphatic rings. The van der Waals surface area contributed by atoms with E-state index in [1.165, 1.54) is 53.6 Å². The Labute approximate surface area is 189 Å². The van der Waals surface area contributed by atoms with Crippen LogP contribution >= 0.6 is 23.2 Å². The molecule has 11 heteroatoms. The average Bonchev–Trinajstić information content (AvgIpc) is 2.74. The van der Waals surface area contributed by atoms with Crippen LogP contribution in [-0.2, 0) is 9.59 Å². The second-order valence-corrected chi connectivity index (χ2v) is 6.80. The molecule has 2 rings (SSSR count). The van der Waals surface area contributed by atoms with Crippen LogP contribution in [0.1, 0.15) is 6.92 Å². The van der Waals surface area contributed by atoms with Gasteiger partial charge in [0.25, 0.3) is 5.91 Å². The highest BCUT2D eigenvalue weighted by Gasteiger charge is 2.26. The molecule has 0 heterocycles. The molecule has 166 valence electrons. The summed E-state index contributed by atoms with van der Waals surface area (Å²) in [6, 6.07) is 4.70. The summed E-state index contributed by atoms with van der Waals surface area (Å²) in [5.41, 5.74) is 0.471. The molecule has 0 spiro atoms. The molecule has 0 saturated carbocycles. The van der Waals surface area contributed by atoms with Crippen LogP contribution in [0.3, 0.4) is 0 Å². The minimum absolute atomic E-state index is 0.168. The first-order chi connectivity index (χ1) is 14.8. The number of halogens is 2. The summed E-state index contributed by atoms with van der Waals surface area (Å²) in [5.74, 6) is -0.247. The number of Topliss-reactive ketones (excluding diaryl/α,β-unsaturated/α-hetero) is 1. The van der Waals surface area contributed by atoms with Crippen LogP contribution in [-0.4, -0.2) is 46.2 Å². The first-order valence-corrected chi connectivity index (χ1v) is 9.57. The smallest absolute Gasteiger partial charge is 0.258 e. The van der Waals surface area contributed by atoms with Crippen LogP contribution in [0.4, 0.5) is 11.4 Å². The fraction of sp³-hybridized carbons (Fsp3) is 0.300. The maximum absolute atomic E-state index is 12.7. The number of benzene rings is 2. The van der Waals surface area contributed by atoms with Gasteiger partial charge in [0.15, 0.2) is 23.0 Å². The van der Waals surface area contributed by atoms with Gasteiger partial charge >= 0.3 is 0 Å². The van der Waals surface area contributed by atoms with Crippen molar-refractivity contribution in [3.8, 4) is 23.0 Å². The Hall–Kier alpha value is -3.04. The summed E-state index contributed by atoms with van der Waals surface area (Å²) in [4.78, 5) is 24.8. The summed E-state index contributed by atoms with van der Waals surface area (Å²) in [5, 5.41) is 11.0. The fourth-order valence-corrected chi connectivity index (χ4v) is 3.17. The zero-order chi connectivity index (χ0) is 23.1. The molecule has 0 bridgehead atoms. The number of rotatable bonds is 9. The van der Waals surface area contributed by atoms with E-state index in [-0.39, 0.29) is 33.6 Å². The molecular formula is C20H21Cl2N3O6. The molecule has 0 aliphatic heterocycles. The second-order valence-electron chi connectivity index (χ2n) is 6.01. The number of ether oxygens (including phenoxy) is 4. The number of carbonyl (C=O) groups excluding carboxylic acids is 2. The van der Waals surface area contributed by atoms with Gasteiger partial charge in [-0.15, -0.1) is 0 Å². The summed E-state index contributed by atoms with van der Waals surface area (Å²) in [7, 11) is 5.66. The van der Waals surface area contributed by atoms with Crippen molar-refractivity contribution in [1.29, 1.82) is 0 Å². The van der Waals surface area contributed by atoms with Crippen LogP contribution < -0.4 is 24.3 Å². The first kappa shape index (κ1) is 24.2. The highest BCUT2D eigenvalue weighted by molar-refractivity contribution is 6.34. The van der Waals surface area contributed by atoms with E-state index in [0.717, 1.165) is 0 Å². The molecule has 9 nitrogen and oxygen atoms in total. The van der Waals surface area contributed by atoms with Crippen LogP contribution in [0.25, 0.3) is 0 Å². The van der Waals surface area contributed by atoms with Crippen molar-refractivity contribution in [3.63, 3.8) is 0 Å². The largest absolute Gasteiger partial charge is 0.495 e. The van der Waals surface area contributed by atoms with Crippen LogP contribution in [0.2, 0.25) is 10.0 Å². The Morgan fingerprint density at radius 1 is 0.903 bits per heavy atom. The zero-order valence-corrected chi connectivity index (χ0v) is 19.0. The van der Waals surface area contributed by atoms with Crippen molar-refractivity contribution in [3.05, 3.63) is 34.3 Å². The number of methoxy groups -OCH3 is 4. The first-order valence-electron chi connectivity index (χ1n) is 8.82. The van der Waals surface area contributed by atoms with Crippen molar-refractivity contribution >= 4 is 46.3 Å². The van der Waals surface area contributed by atoms with E-state index >= 15 is 0 Å². The Balaban J connectivity index is 2.35. The van der Waals surface area contributed by atoms with Gasteiger partial charge in [-0.25, -0.2) is 0 Å². The molecule has 1 unspecified atom stereocenters. The molecule has 2 aromatic carbocycles. The Bertz CT molecular complexity index is 1010. The summed E-state index contributed by atoms with van der Waals surface area (Å²) < 4.78 is 20.8. The fourth-order valence-electron chi connectivity index (χ4n) is 2.63. The van der Waals surface area contributed by atoms with E-state index in [4.69, 9.17) is 42.1 Å². The minimum atomic E-state index is -1.43. The molecule has 1 amide bonds. The third-order valence-electron chi connectivity index (χ3n) is 4.11. The van der Waals surface area contributed by atoms with Gasteiger partial charge in [-0.3, -0.25) is 9.59 Å². The lowest BCUT2D eigenvalue weighted by atomic mass is 10.2. The third kappa shape index (κ3) is 5.36. The van der Waals surface area contributed by atoms with E-state index in [1.807, 2.05) is 0 Å². The maximum atomic E-state index is 12.7. The minimum Gasteiger partial charge on any atom is -0.495 e. The molecule has 0 radical (unpaired) electrons. The predicted octanol–water partition coefficient (Wildman–Crippen LogP) is 4.71. The van der Waals surface area contributed by atoms with Crippen molar-refractivity contribution in [1.82, 2.24) is 0 Å². The number of ketones is 1. The van der Waals surface area contributed by atoms with Gasteiger partial charge in [0.05, 0.1) is 39.1 Å². The van der Waals surface area contributed by atoms with Gasteiger partial charge in [-0.1, -0.05) is 23.2 Å². The van der Waals surface area contributed by atoms with E-state index < -0.39 is 17.7 Å². The molecule has 0 saturated heterocycles. The summed E-state index contributed by atoms with van der Waals surface area (Å²) in [6.45, 7) is 1.22. The molecule has 0 fully saturated rings. The van der Waals surface area contributed by atoms with Gasteiger partial charge in [0, 0.05) is 0 Å². The summed E-state index contributed by atoms with van der Waals surface area (Å²) in [6.07, 6.45) is 0. The number of nitrogens with one attached hydrogen (secondary N) is 1. The van der Waals surface area contributed by atoms with Gasteiger partial charge in [-0.05, 0) is 31.2 Å². The standard InChI is InChI=1S/C20H21Cl2N3O6/c1-10(26)16(25-24-13-7-6-11(21)17(29-3)19(13)31-5)20(27)23-12-8-9-14(28-2)15(22)18(12)30-4/h6-9,16H,1-5H3,(H,23,27). The number of azo groups is 1. The van der Waals surface area contributed by atoms with Crippen LogP contribution in [0.5, 0.6) is 23.0 Å². The Kier molecular flexibility index (Phi) is 8.47. The molecular weight excluding hydrogens is 449 g/mol. The normalized spacial score (nSPS) is 11.7. The lowest BCUT2D eigenvalue weighted by Gasteiger charge is -2.15. The molecule has 0 aromatic heterocycles. The Morgan fingerprint density at radius 2 is 1.55 bits per heavy atom. The van der Waals surface area contributed by atoms with Crippen molar-refractivity contribution < 1.29 is 28.5 Å². The molecule has 1 N–H and O–H groups in total. The van der Waals surface area contributed by atoms with Gasteiger partial charge < -0.3 is 24.3 Å². The van der Waals surface area contributed by atoms with Crippen LogP contribution in [0.15, 0.2) is 34.5 Å². The van der Waals surface area contributed by atoms with Gasteiger partial charge in [0.1, 0.15) is 16.5 Å². The van der Waals surface area contributed by atoms with Crippen LogP contribution in [0, 0.1) is 0 Å². The number of hydrogen-bond acceptors (Lipinski definition) is 8. The monoisotopic (exact) mass is 469 g/mol. The van der Waals surface area contributed by atoms with Gasteiger partial charge in [-0.2, -0.15) is 10.2 Å². The predicted molar refractivity (Wildman–Crippen MR) is 117 cm³/mol. The molecule has 31 heavy (non-hydrogen) atoms. The second kappa shape index (κ2) is 10.8. The maximum Gasteiger partial charge on any atom is 0.258 e. The van der Waals surface area contributed by atoms with Gasteiger partial charge in [0.2, 0.25) is 6.04 Å². The quantitative estimate of drug-likeness (QED) is 0.420.